The van der Waals surface area contributed by atoms with Gasteiger partial charge in [-0.05, 0) is 87.1 Å². The number of pyridine rings is 1. The van der Waals surface area contributed by atoms with Crippen LogP contribution in [0.15, 0.2) is 48.1 Å². The molecule has 0 unspecified atom stereocenters. The molecule has 0 aliphatic carbocycles. The van der Waals surface area contributed by atoms with Crippen LogP contribution in [0, 0.1) is 13.8 Å². The molecule has 30 heavy (non-hydrogen) atoms. The summed E-state index contributed by atoms with van der Waals surface area (Å²) in [6, 6.07) is 8.28. The standard InChI is InChI=1S/C22H25N5O2S/c1-14-6-7-17(12-15(14)2)27(21(29)18-13-30-26-25-18)19(16-8-10-23-11-9-16)20(28)24-22(3,4)5/h6-13,19H,1-5H3,(H,24,28)/t19-/m1/s1. The summed E-state index contributed by atoms with van der Waals surface area (Å²) in [5.41, 5.74) is 3.11. The molecule has 1 N–H and O–H groups in total. The quantitative estimate of drug-likeness (QED) is 0.673. The molecule has 0 bridgehead atoms. The number of rotatable bonds is 5. The number of hydrogen-bond acceptors (Lipinski definition) is 6. The lowest BCUT2D eigenvalue weighted by atomic mass is 10.0. The number of amides is 2. The third-order valence-corrected chi connectivity index (χ3v) is 5.10. The van der Waals surface area contributed by atoms with E-state index in [1.807, 2.05) is 52.8 Å². The molecule has 0 fully saturated rings. The molecule has 3 rings (SSSR count). The first kappa shape index (κ1) is 21.6. The largest absolute Gasteiger partial charge is 0.349 e. The number of carbonyl (C=O) groups is 2. The average Bonchev–Trinajstić information content (AvgIpc) is 3.22. The highest BCUT2D eigenvalue weighted by atomic mass is 32.1. The summed E-state index contributed by atoms with van der Waals surface area (Å²) in [5, 5.41) is 8.54. The lowest BCUT2D eigenvalue weighted by molar-refractivity contribution is -0.123. The van der Waals surface area contributed by atoms with Gasteiger partial charge in [0.1, 0.15) is 6.04 Å². The molecule has 0 spiro atoms. The fourth-order valence-electron chi connectivity index (χ4n) is 3.04. The second kappa shape index (κ2) is 8.71. The van der Waals surface area contributed by atoms with Crippen LogP contribution in [0.5, 0.6) is 0 Å². The molecule has 1 atom stereocenters. The molecule has 3 aromatic rings. The van der Waals surface area contributed by atoms with E-state index in [4.69, 9.17) is 0 Å². The SMILES string of the molecule is Cc1ccc(N(C(=O)c2csnn2)[C@@H](C(=O)NC(C)(C)C)c2ccncc2)cc1C. The highest BCUT2D eigenvalue weighted by molar-refractivity contribution is 7.03. The van der Waals surface area contributed by atoms with Crippen LogP contribution in [0.4, 0.5) is 5.69 Å². The van der Waals surface area contributed by atoms with Crippen molar-refractivity contribution in [2.45, 2.75) is 46.2 Å². The van der Waals surface area contributed by atoms with E-state index < -0.39 is 17.5 Å². The van der Waals surface area contributed by atoms with Crippen LogP contribution in [0.1, 0.15) is 54.0 Å². The molecule has 0 aliphatic rings. The van der Waals surface area contributed by atoms with Crippen molar-refractivity contribution in [2.75, 3.05) is 4.90 Å². The topological polar surface area (TPSA) is 88.1 Å². The number of anilines is 1. The lowest BCUT2D eigenvalue weighted by Gasteiger charge is -2.33. The predicted octanol–water partition coefficient (Wildman–Crippen LogP) is 3.85. The molecule has 7 nitrogen and oxygen atoms in total. The number of hydrogen-bond donors (Lipinski definition) is 1. The summed E-state index contributed by atoms with van der Waals surface area (Å²) in [5.74, 6) is -0.679. The Hall–Kier alpha value is -3.13. The summed E-state index contributed by atoms with van der Waals surface area (Å²) in [4.78, 5) is 32.5. The van der Waals surface area contributed by atoms with Crippen LogP contribution in [-0.2, 0) is 4.79 Å². The minimum absolute atomic E-state index is 0.195. The van der Waals surface area contributed by atoms with Crippen molar-refractivity contribution in [3.8, 4) is 0 Å². The van der Waals surface area contributed by atoms with E-state index in [2.05, 4.69) is 19.9 Å². The first-order valence-electron chi connectivity index (χ1n) is 9.57. The van der Waals surface area contributed by atoms with E-state index in [0.717, 1.165) is 22.7 Å². The number of carbonyl (C=O) groups excluding carboxylic acids is 2. The van der Waals surface area contributed by atoms with Gasteiger partial charge in [-0.2, -0.15) is 0 Å². The minimum Gasteiger partial charge on any atom is -0.349 e. The van der Waals surface area contributed by atoms with Crippen molar-refractivity contribution in [2.24, 2.45) is 0 Å². The van der Waals surface area contributed by atoms with E-state index in [9.17, 15) is 9.59 Å². The van der Waals surface area contributed by atoms with Crippen LogP contribution >= 0.6 is 11.5 Å². The maximum atomic E-state index is 13.5. The van der Waals surface area contributed by atoms with Gasteiger partial charge in [0.2, 0.25) is 5.91 Å². The Morgan fingerprint density at radius 2 is 1.77 bits per heavy atom. The Morgan fingerprint density at radius 3 is 2.33 bits per heavy atom. The number of benzene rings is 1. The second-order valence-corrected chi connectivity index (χ2v) is 8.77. The maximum absolute atomic E-state index is 13.5. The van der Waals surface area contributed by atoms with Gasteiger partial charge in [-0.25, -0.2) is 0 Å². The van der Waals surface area contributed by atoms with Crippen molar-refractivity contribution in [1.82, 2.24) is 19.9 Å². The van der Waals surface area contributed by atoms with Gasteiger partial charge < -0.3 is 5.32 Å². The molecule has 0 aliphatic heterocycles. The molecule has 1 aromatic carbocycles. The predicted molar refractivity (Wildman–Crippen MR) is 118 cm³/mol. The highest BCUT2D eigenvalue weighted by Gasteiger charge is 2.35. The molecule has 2 aromatic heterocycles. The summed E-state index contributed by atoms with van der Waals surface area (Å²) in [6.07, 6.45) is 3.22. The van der Waals surface area contributed by atoms with Gasteiger partial charge in [-0.1, -0.05) is 10.6 Å². The highest BCUT2D eigenvalue weighted by Crippen LogP contribution is 2.31. The molecule has 156 valence electrons. The zero-order valence-electron chi connectivity index (χ0n) is 17.7. The zero-order valence-corrected chi connectivity index (χ0v) is 18.5. The fourth-order valence-corrected chi connectivity index (χ4v) is 3.47. The Kier molecular flexibility index (Phi) is 6.26. The molecule has 2 heterocycles. The van der Waals surface area contributed by atoms with Crippen LogP contribution < -0.4 is 10.2 Å². The minimum atomic E-state index is -0.900. The monoisotopic (exact) mass is 423 g/mol. The van der Waals surface area contributed by atoms with Crippen LogP contribution in [0.25, 0.3) is 0 Å². The van der Waals surface area contributed by atoms with E-state index in [1.54, 1.807) is 29.9 Å². The molecule has 0 saturated carbocycles. The number of aromatic nitrogens is 3. The molecular formula is C22H25N5O2S. The van der Waals surface area contributed by atoms with E-state index in [0.29, 0.717) is 11.3 Å². The van der Waals surface area contributed by atoms with Crippen molar-refractivity contribution in [3.05, 3.63) is 70.5 Å². The van der Waals surface area contributed by atoms with E-state index >= 15 is 0 Å². The fraction of sp³-hybridized carbons (Fsp3) is 0.318. The van der Waals surface area contributed by atoms with E-state index in [1.165, 1.54) is 4.90 Å². The van der Waals surface area contributed by atoms with E-state index in [-0.39, 0.29) is 11.6 Å². The van der Waals surface area contributed by atoms with Gasteiger partial charge in [0.05, 0.1) is 0 Å². The second-order valence-electron chi connectivity index (χ2n) is 8.16. The first-order valence-corrected chi connectivity index (χ1v) is 10.4. The molecular weight excluding hydrogens is 398 g/mol. The molecule has 0 radical (unpaired) electrons. The zero-order chi connectivity index (χ0) is 21.9. The van der Waals surface area contributed by atoms with Gasteiger partial charge in [0.25, 0.3) is 5.91 Å². The third-order valence-electron chi connectivity index (χ3n) is 4.59. The van der Waals surface area contributed by atoms with Crippen molar-refractivity contribution >= 4 is 29.0 Å². The Morgan fingerprint density at radius 1 is 1.07 bits per heavy atom. The number of nitrogens with one attached hydrogen (secondary N) is 1. The third kappa shape index (κ3) is 4.88. The molecule has 0 saturated heterocycles. The van der Waals surface area contributed by atoms with Gasteiger partial charge in [-0.3, -0.25) is 19.5 Å². The van der Waals surface area contributed by atoms with Crippen molar-refractivity contribution in [1.29, 1.82) is 0 Å². The number of nitrogens with zero attached hydrogens (tertiary/aromatic N) is 4. The van der Waals surface area contributed by atoms with Gasteiger partial charge in [-0.15, -0.1) is 5.10 Å². The van der Waals surface area contributed by atoms with Crippen molar-refractivity contribution < 1.29 is 9.59 Å². The Balaban J connectivity index is 2.18. The van der Waals surface area contributed by atoms with Crippen LogP contribution in [0.3, 0.4) is 0 Å². The smallest absolute Gasteiger partial charge is 0.280 e. The lowest BCUT2D eigenvalue weighted by Crippen LogP contribution is -2.49. The first-order chi connectivity index (χ1) is 14.2. The summed E-state index contributed by atoms with van der Waals surface area (Å²) in [6.45, 7) is 9.69. The summed E-state index contributed by atoms with van der Waals surface area (Å²) >= 11 is 1.09. The average molecular weight is 424 g/mol. The summed E-state index contributed by atoms with van der Waals surface area (Å²) in [7, 11) is 0. The Labute approximate surface area is 180 Å². The van der Waals surface area contributed by atoms with Gasteiger partial charge >= 0.3 is 0 Å². The maximum Gasteiger partial charge on any atom is 0.280 e. The van der Waals surface area contributed by atoms with Gasteiger partial charge in [0.15, 0.2) is 5.69 Å². The van der Waals surface area contributed by atoms with Crippen LogP contribution in [0.2, 0.25) is 0 Å². The van der Waals surface area contributed by atoms with Crippen LogP contribution in [-0.4, -0.2) is 31.9 Å². The number of aryl methyl sites for hydroxylation is 2. The Bertz CT molecular complexity index is 1030. The van der Waals surface area contributed by atoms with Crippen molar-refractivity contribution in [3.63, 3.8) is 0 Å². The molecule has 2 amide bonds. The normalized spacial score (nSPS) is 12.3. The summed E-state index contributed by atoms with van der Waals surface area (Å²) < 4.78 is 3.82. The van der Waals surface area contributed by atoms with Gasteiger partial charge in [0, 0.05) is 29.0 Å². The molecule has 8 heteroatoms.